The third-order valence-corrected chi connectivity index (χ3v) is 17.4. The fraction of sp³-hybridized carbons (Fsp3) is 0.732. The molecule has 0 bridgehead atoms. The van der Waals surface area contributed by atoms with Crippen molar-refractivity contribution in [3.63, 3.8) is 0 Å². The maximum absolute atomic E-state index is 12.9. The van der Waals surface area contributed by atoms with Crippen molar-refractivity contribution in [3.05, 3.63) is 122 Å². The molecule has 0 aliphatic heterocycles. The van der Waals surface area contributed by atoms with Gasteiger partial charge in [0, 0.05) is 12.8 Å². The first-order chi connectivity index (χ1) is 45.0. The lowest BCUT2D eigenvalue weighted by molar-refractivity contribution is -0.870. The molecule has 0 spiro atoms. The number of hydrogen-bond acceptors (Lipinski definition) is 8. The van der Waals surface area contributed by atoms with Crippen LogP contribution >= 0.6 is 7.82 Å². The van der Waals surface area contributed by atoms with E-state index in [9.17, 15) is 19.0 Å². The standard InChI is InChI=1S/C82H144NO8P/c1-6-8-10-12-14-16-18-20-22-24-26-28-30-32-34-36-38-40-41-43-44-46-48-50-52-54-56-58-60-62-64-66-68-70-72-74-81(84)88-78-80(79-90-92(86,87)89-77-76-83(3,4)5)91-82(85)75-73-71-69-67-65-63-61-59-57-55-53-51-49-47-45-42-39-37-35-33-31-29-27-25-23-21-19-17-15-13-11-9-7-2/h9,11,15,17-18,20-21,23-24,26-27,29,33,35,39,42,47,49,53,55,80H,6-8,10,12-14,16,19,22,25,28,30-32,34,36-38,40-41,43-46,48,50-52,54,56-79H2,1-5H3/b11-9-,17-15-,20-18-,23-21-,26-24-,29-27-,35-33-,42-39-,49-47-,55-53-. The molecule has 0 saturated carbocycles. The van der Waals surface area contributed by atoms with Gasteiger partial charge >= 0.3 is 11.9 Å². The second-order valence-corrected chi connectivity index (χ2v) is 28.0. The van der Waals surface area contributed by atoms with Crippen molar-refractivity contribution in [2.45, 2.75) is 341 Å². The maximum Gasteiger partial charge on any atom is 0.306 e. The Labute approximate surface area is 568 Å². The van der Waals surface area contributed by atoms with Gasteiger partial charge in [0.05, 0.1) is 27.7 Å². The van der Waals surface area contributed by atoms with Crippen LogP contribution in [0, 0.1) is 0 Å². The zero-order valence-electron chi connectivity index (χ0n) is 60.5. The van der Waals surface area contributed by atoms with Gasteiger partial charge in [-0.1, -0.05) is 334 Å². The number of rotatable bonds is 70. The van der Waals surface area contributed by atoms with Gasteiger partial charge in [-0.3, -0.25) is 14.2 Å². The lowest BCUT2D eigenvalue weighted by Crippen LogP contribution is -2.37. The Hall–Kier alpha value is -3.59. The van der Waals surface area contributed by atoms with E-state index >= 15 is 0 Å². The van der Waals surface area contributed by atoms with Gasteiger partial charge in [-0.15, -0.1) is 0 Å². The van der Waals surface area contributed by atoms with E-state index in [0.29, 0.717) is 17.4 Å². The first-order valence-electron chi connectivity index (χ1n) is 38.2. The second-order valence-electron chi connectivity index (χ2n) is 26.6. The molecule has 0 saturated heterocycles. The maximum atomic E-state index is 12.9. The number of phosphoric acid groups is 1. The lowest BCUT2D eigenvalue weighted by Gasteiger charge is -2.28. The van der Waals surface area contributed by atoms with E-state index in [1.54, 1.807) is 0 Å². The van der Waals surface area contributed by atoms with Gasteiger partial charge < -0.3 is 27.9 Å². The molecular formula is C82H144NO8P. The fourth-order valence-electron chi connectivity index (χ4n) is 10.6. The minimum absolute atomic E-state index is 0.0366. The summed E-state index contributed by atoms with van der Waals surface area (Å²) in [6.45, 7) is 4.13. The van der Waals surface area contributed by atoms with Crippen LogP contribution in [0.1, 0.15) is 335 Å². The highest BCUT2D eigenvalue weighted by molar-refractivity contribution is 7.45. The van der Waals surface area contributed by atoms with Crippen molar-refractivity contribution in [1.29, 1.82) is 0 Å². The molecule has 92 heavy (non-hydrogen) atoms. The van der Waals surface area contributed by atoms with Crippen LogP contribution in [-0.2, 0) is 32.7 Å². The molecular weight excluding hydrogens is 1160 g/mol. The number of likely N-dealkylation sites (N-methyl/N-ethyl adjacent to an activating group) is 1. The van der Waals surface area contributed by atoms with E-state index < -0.39 is 26.5 Å². The molecule has 0 aromatic heterocycles. The monoisotopic (exact) mass is 1300 g/mol. The summed E-state index contributed by atoms with van der Waals surface area (Å²) in [5.41, 5.74) is 0. The van der Waals surface area contributed by atoms with Crippen LogP contribution in [-0.4, -0.2) is 70.0 Å². The van der Waals surface area contributed by atoms with Crippen molar-refractivity contribution in [2.75, 3.05) is 47.5 Å². The van der Waals surface area contributed by atoms with Gasteiger partial charge in [0.15, 0.2) is 6.10 Å². The third kappa shape index (κ3) is 75.4. The summed E-state index contributed by atoms with van der Waals surface area (Å²) >= 11 is 0. The van der Waals surface area contributed by atoms with Gasteiger partial charge in [-0.05, 0) is 109 Å². The molecule has 0 aromatic carbocycles. The number of nitrogens with zero attached hydrogens (tertiary/aromatic N) is 1. The van der Waals surface area contributed by atoms with E-state index in [2.05, 4.69) is 135 Å². The summed E-state index contributed by atoms with van der Waals surface area (Å²) in [4.78, 5) is 38.1. The summed E-state index contributed by atoms with van der Waals surface area (Å²) in [5.74, 6) is -0.837. The molecule has 0 N–H and O–H groups in total. The zero-order valence-corrected chi connectivity index (χ0v) is 61.4. The summed E-state index contributed by atoms with van der Waals surface area (Å²) in [6, 6.07) is 0. The van der Waals surface area contributed by atoms with Crippen molar-refractivity contribution >= 4 is 19.8 Å². The highest BCUT2D eigenvalue weighted by Crippen LogP contribution is 2.38. The van der Waals surface area contributed by atoms with Crippen molar-refractivity contribution in [1.82, 2.24) is 0 Å². The third-order valence-electron chi connectivity index (χ3n) is 16.5. The molecule has 2 atom stereocenters. The largest absolute Gasteiger partial charge is 0.756 e. The second kappa shape index (κ2) is 71.7. The lowest BCUT2D eigenvalue weighted by atomic mass is 10.0. The molecule has 0 aliphatic rings. The van der Waals surface area contributed by atoms with E-state index in [1.807, 2.05) is 21.1 Å². The first-order valence-corrected chi connectivity index (χ1v) is 39.7. The molecule has 0 fully saturated rings. The Morgan fingerprint density at radius 2 is 0.620 bits per heavy atom. The van der Waals surface area contributed by atoms with Crippen LogP contribution in [0.15, 0.2) is 122 Å². The smallest absolute Gasteiger partial charge is 0.306 e. The summed E-state index contributed by atoms with van der Waals surface area (Å²) < 4.78 is 34.4. The number of hydrogen-bond donors (Lipinski definition) is 0. The SMILES string of the molecule is CC/C=C\C/C=C\C/C=C\C/C=C\C/C=C\C/C=C\C/C=C\C/C=C\CCCCCCCCCCC(=O)OC(COC(=O)CCCCCCCCCCCCCCCCCCCCCCCCC/C=C\C/C=C\CCCCCCC)COP(=O)([O-])OCC[N+](C)(C)C. The van der Waals surface area contributed by atoms with Crippen molar-refractivity contribution in [3.8, 4) is 0 Å². The molecule has 0 radical (unpaired) electrons. The molecule has 530 valence electrons. The number of allylic oxidation sites excluding steroid dienone is 20. The number of carbonyl (C=O) groups is 2. The molecule has 0 heterocycles. The summed E-state index contributed by atoms with van der Waals surface area (Å²) in [6.07, 6.45) is 103. The average molecular weight is 1300 g/mol. The van der Waals surface area contributed by atoms with E-state index in [1.165, 1.54) is 199 Å². The Bertz CT molecular complexity index is 1970. The highest BCUT2D eigenvalue weighted by atomic mass is 31.2. The van der Waals surface area contributed by atoms with Gasteiger partial charge in [0.25, 0.3) is 7.82 Å². The molecule has 9 nitrogen and oxygen atoms in total. The molecule has 0 aromatic rings. The van der Waals surface area contributed by atoms with Crippen LogP contribution < -0.4 is 4.89 Å². The van der Waals surface area contributed by atoms with Gasteiger partial charge in [-0.25, -0.2) is 0 Å². The predicted octanol–water partition coefficient (Wildman–Crippen LogP) is 24.8. The van der Waals surface area contributed by atoms with Gasteiger partial charge in [0.1, 0.15) is 19.8 Å². The van der Waals surface area contributed by atoms with E-state index in [0.717, 1.165) is 103 Å². The number of esters is 2. The normalized spacial score (nSPS) is 13.8. The Morgan fingerprint density at radius 1 is 0.348 bits per heavy atom. The highest BCUT2D eigenvalue weighted by Gasteiger charge is 2.22. The quantitative estimate of drug-likeness (QED) is 0.0195. The summed E-state index contributed by atoms with van der Waals surface area (Å²) in [7, 11) is 1.16. The molecule has 0 amide bonds. The van der Waals surface area contributed by atoms with Crippen LogP contribution in [0.4, 0.5) is 0 Å². The van der Waals surface area contributed by atoms with E-state index in [-0.39, 0.29) is 32.0 Å². The summed E-state index contributed by atoms with van der Waals surface area (Å²) in [5, 5.41) is 0. The number of unbranched alkanes of at least 4 members (excludes halogenated alkanes) is 36. The molecule has 10 heteroatoms. The number of ether oxygens (including phenoxy) is 2. The fourth-order valence-corrected chi connectivity index (χ4v) is 11.4. The van der Waals surface area contributed by atoms with E-state index in [4.69, 9.17) is 18.5 Å². The topological polar surface area (TPSA) is 111 Å². The average Bonchev–Trinajstić information content (AvgIpc) is 2.23. The minimum atomic E-state index is -4.65. The van der Waals surface area contributed by atoms with Gasteiger partial charge in [-0.2, -0.15) is 0 Å². The Morgan fingerprint density at radius 3 is 0.924 bits per heavy atom. The Balaban J connectivity index is 4.03. The predicted molar refractivity (Wildman–Crippen MR) is 397 cm³/mol. The number of carbonyl (C=O) groups excluding carboxylic acids is 2. The molecule has 2 unspecified atom stereocenters. The van der Waals surface area contributed by atoms with Gasteiger partial charge in [0.2, 0.25) is 0 Å². The zero-order chi connectivity index (χ0) is 66.9. The van der Waals surface area contributed by atoms with Crippen LogP contribution in [0.2, 0.25) is 0 Å². The Kier molecular flexibility index (Phi) is 68.9. The van der Waals surface area contributed by atoms with Crippen LogP contribution in [0.5, 0.6) is 0 Å². The van der Waals surface area contributed by atoms with Crippen LogP contribution in [0.3, 0.4) is 0 Å². The van der Waals surface area contributed by atoms with Crippen LogP contribution in [0.25, 0.3) is 0 Å². The van der Waals surface area contributed by atoms with Crippen molar-refractivity contribution in [2.24, 2.45) is 0 Å². The minimum Gasteiger partial charge on any atom is -0.756 e. The molecule has 0 rings (SSSR count). The first kappa shape index (κ1) is 88.4. The number of phosphoric ester groups is 1. The molecule has 0 aliphatic carbocycles. The number of quaternary nitrogens is 1. The van der Waals surface area contributed by atoms with Crippen molar-refractivity contribution < 1.29 is 42.1 Å².